The fourth-order valence-electron chi connectivity index (χ4n) is 1.23. The van der Waals surface area contributed by atoms with Crippen LogP contribution in [-0.4, -0.2) is 25.4 Å². The third-order valence-electron chi connectivity index (χ3n) is 2.51. The Morgan fingerprint density at radius 2 is 2.17 bits per heavy atom. The monoisotopic (exact) mass is 172 g/mol. The van der Waals surface area contributed by atoms with Crippen molar-refractivity contribution in [2.45, 2.75) is 45.8 Å². The summed E-state index contributed by atoms with van der Waals surface area (Å²) < 4.78 is 11.1. The van der Waals surface area contributed by atoms with Crippen LogP contribution in [0.2, 0.25) is 0 Å². The Bertz CT molecular complexity index is 115. The Balaban J connectivity index is 2.07. The van der Waals surface area contributed by atoms with Crippen LogP contribution in [-0.2, 0) is 9.47 Å². The molecule has 1 heterocycles. The summed E-state index contributed by atoms with van der Waals surface area (Å²) in [5, 5.41) is 0. The molecule has 2 atom stereocenters. The topological polar surface area (TPSA) is 18.5 Å². The fourth-order valence-corrected chi connectivity index (χ4v) is 1.23. The smallest absolute Gasteiger partial charge is 0.0809 e. The van der Waals surface area contributed by atoms with Crippen molar-refractivity contribution in [1.82, 2.24) is 0 Å². The molecule has 0 amide bonds. The van der Waals surface area contributed by atoms with E-state index in [9.17, 15) is 0 Å². The standard InChI is InChI=1S/C10H20O2/c1-8(2)9(3)12-7-10-5-4-6-11-10/h8-10H,4-7H2,1-3H3. The molecular formula is C10H20O2. The van der Waals surface area contributed by atoms with E-state index >= 15 is 0 Å². The van der Waals surface area contributed by atoms with Gasteiger partial charge in [-0.25, -0.2) is 0 Å². The minimum atomic E-state index is 0.356. The highest BCUT2D eigenvalue weighted by Gasteiger charge is 2.17. The van der Waals surface area contributed by atoms with Crippen LogP contribution in [0.5, 0.6) is 0 Å². The van der Waals surface area contributed by atoms with Crippen molar-refractivity contribution in [3.63, 3.8) is 0 Å². The van der Waals surface area contributed by atoms with Gasteiger partial charge in [0.1, 0.15) is 0 Å². The van der Waals surface area contributed by atoms with Gasteiger partial charge in [0, 0.05) is 6.61 Å². The van der Waals surface area contributed by atoms with Crippen molar-refractivity contribution in [2.75, 3.05) is 13.2 Å². The van der Waals surface area contributed by atoms with Crippen molar-refractivity contribution in [3.8, 4) is 0 Å². The van der Waals surface area contributed by atoms with Crippen LogP contribution < -0.4 is 0 Å². The quantitative estimate of drug-likeness (QED) is 0.647. The van der Waals surface area contributed by atoms with Crippen molar-refractivity contribution in [1.29, 1.82) is 0 Å². The second kappa shape index (κ2) is 4.83. The van der Waals surface area contributed by atoms with Crippen molar-refractivity contribution in [2.24, 2.45) is 5.92 Å². The molecule has 2 heteroatoms. The summed E-state index contributed by atoms with van der Waals surface area (Å²) in [5.41, 5.74) is 0. The Morgan fingerprint density at radius 3 is 2.67 bits per heavy atom. The van der Waals surface area contributed by atoms with E-state index in [1.54, 1.807) is 0 Å². The lowest BCUT2D eigenvalue weighted by Gasteiger charge is -2.18. The Labute approximate surface area is 75.2 Å². The first-order chi connectivity index (χ1) is 5.70. The van der Waals surface area contributed by atoms with Crippen LogP contribution in [0.4, 0.5) is 0 Å². The molecule has 1 rings (SSSR count). The van der Waals surface area contributed by atoms with Gasteiger partial charge < -0.3 is 9.47 Å². The Morgan fingerprint density at radius 1 is 1.42 bits per heavy atom. The summed E-state index contributed by atoms with van der Waals surface area (Å²) in [5.74, 6) is 0.603. The third-order valence-corrected chi connectivity index (χ3v) is 2.51. The summed E-state index contributed by atoms with van der Waals surface area (Å²) in [4.78, 5) is 0. The lowest BCUT2D eigenvalue weighted by Crippen LogP contribution is -2.22. The predicted molar refractivity (Wildman–Crippen MR) is 49.2 cm³/mol. The highest BCUT2D eigenvalue weighted by molar-refractivity contribution is 4.65. The maximum Gasteiger partial charge on any atom is 0.0809 e. The lowest BCUT2D eigenvalue weighted by atomic mass is 10.1. The molecule has 2 nitrogen and oxygen atoms in total. The molecule has 1 aliphatic heterocycles. The maximum atomic E-state index is 5.66. The van der Waals surface area contributed by atoms with Gasteiger partial charge in [-0.2, -0.15) is 0 Å². The molecule has 12 heavy (non-hydrogen) atoms. The molecule has 0 aromatic rings. The molecule has 0 aromatic heterocycles. The first-order valence-corrected chi connectivity index (χ1v) is 4.93. The van der Waals surface area contributed by atoms with Gasteiger partial charge in [0.15, 0.2) is 0 Å². The van der Waals surface area contributed by atoms with Crippen LogP contribution >= 0.6 is 0 Å². The van der Waals surface area contributed by atoms with E-state index in [2.05, 4.69) is 20.8 Å². The molecule has 0 spiro atoms. The highest BCUT2D eigenvalue weighted by Crippen LogP contribution is 2.14. The molecule has 1 aliphatic rings. The lowest BCUT2D eigenvalue weighted by molar-refractivity contribution is -0.0291. The zero-order valence-corrected chi connectivity index (χ0v) is 8.38. The molecule has 1 saturated heterocycles. The molecule has 0 bridgehead atoms. The Kier molecular flexibility index (Phi) is 4.02. The number of hydrogen-bond donors (Lipinski definition) is 0. The van der Waals surface area contributed by atoms with Crippen LogP contribution in [0.25, 0.3) is 0 Å². The summed E-state index contributed by atoms with van der Waals surface area (Å²) in [6, 6.07) is 0. The van der Waals surface area contributed by atoms with E-state index in [1.165, 1.54) is 12.8 Å². The first-order valence-electron chi connectivity index (χ1n) is 4.93. The Hall–Kier alpha value is -0.0800. The first kappa shape index (κ1) is 10.0. The number of rotatable bonds is 4. The van der Waals surface area contributed by atoms with Gasteiger partial charge in [-0.3, -0.25) is 0 Å². The number of ether oxygens (including phenoxy) is 2. The summed E-state index contributed by atoms with van der Waals surface area (Å²) in [6.45, 7) is 8.18. The van der Waals surface area contributed by atoms with Crippen LogP contribution in [0.15, 0.2) is 0 Å². The maximum absolute atomic E-state index is 5.66. The van der Waals surface area contributed by atoms with Crippen LogP contribution in [0.3, 0.4) is 0 Å². The summed E-state index contributed by atoms with van der Waals surface area (Å²) in [7, 11) is 0. The van der Waals surface area contributed by atoms with Crippen LogP contribution in [0, 0.1) is 5.92 Å². The van der Waals surface area contributed by atoms with E-state index in [0.29, 0.717) is 18.1 Å². The normalized spacial score (nSPS) is 26.5. The molecule has 72 valence electrons. The van der Waals surface area contributed by atoms with Gasteiger partial charge in [-0.05, 0) is 25.7 Å². The van der Waals surface area contributed by atoms with Gasteiger partial charge in [-0.15, -0.1) is 0 Å². The van der Waals surface area contributed by atoms with Gasteiger partial charge in [-0.1, -0.05) is 13.8 Å². The van der Waals surface area contributed by atoms with E-state index in [4.69, 9.17) is 9.47 Å². The van der Waals surface area contributed by atoms with Gasteiger partial charge in [0.05, 0.1) is 18.8 Å². The second-order valence-corrected chi connectivity index (χ2v) is 3.92. The van der Waals surface area contributed by atoms with Crippen molar-refractivity contribution < 1.29 is 9.47 Å². The molecule has 0 N–H and O–H groups in total. The minimum absolute atomic E-state index is 0.356. The van der Waals surface area contributed by atoms with Crippen LogP contribution in [0.1, 0.15) is 33.6 Å². The zero-order chi connectivity index (χ0) is 8.97. The van der Waals surface area contributed by atoms with Crippen molar-refractivity contribution >= 4 is 0 Å². The van der Waals surface area contributed by atoms with Crippen molar-refractivity contribution in [3.05, 3.63) is 0 Å². The minimum Gasteiger partial charge on any atom is -0.376 e. The zero-order valence-electron chi connectivity index (χ0n) is 8.38. The summed E-state index contributed by atoms with van der Waals surface area (Å²) >= 11 is 0. The SMILES string of the molecule is CC(C)C(C)OCC1CCCO1. The average Bonchev–Trinajstić information content (AvgIpc) is 2.51. The van der Waals surface area contributed by atoms with Gasteiger partial charge >= 0.3 is 0 Å². The fraction of sp³-hybridized carbons (Fsp3) is 1.00. The van der Waals surface area contributed by atoms with E-state index in [0.717, 1.165) is 13.2 Å². The average molecular weight is 172 g/mol. The summed E-state index contributed by atoms with van der Waals surface area (Å²) in [6.07, 6.45) is 3.09. The van der Waals surface area contributed by atoms with E-state index in [1.807, 2.05) is 0 Å². The second-order valence-electron chi connectivity index (χ2n) is 3.92. The predicted octanol–water partition coefficient (Wildman–Crippen LogP) is 2.23. The molecule has 0 radical (unpaired) electrons. The van der Waals surface area contributed by atoms with E-state index < -0.39 is 0 Å². The molecule has 0 saturated carbocycles. The highest BCUT2D eigenvalue weighted by atomic mass is 16.5. The van der Waals surface area contributed by atoms with Gasteiger partial charge in [0.25, 0.3) is 0 Å². The molecule has 1 fully saturated rings. The largest absolute Gasteiger partial charge is 0.376 e. The molecule has 0 aliphatic carbocycles. The van der Waals surface area contributed by atoms with E-state index in [-0.39, 0.29) is 0 Å². The number of hydrogen-bond acceptors (Lipinski definition) is 2. The molecular weight excluding hydrogens is 152 g/mol. The van der Waals surface area contributed by atoms with Gasteiger partial charge in [0.2, 0.25) is 0 Å². The molecule has 2 unspecified atom stereocenters. The third kappa shape index (κ3) is 3.11. The molecule has 0 aromatic carbocycles.